The molecule has 6 heteroatoms. The average molecular weight is 278 g/mol. The topological polar surface area (TPSA) is 59.4 Å². The highest BCUT2D eigenvalue weighted by molar-refractivity contribution is 5.78. The molecule has 1 atom stereocenters. The van der Waals surface area contributed by atoms with Gasteiger partial charge in [-0.25, -0.2) is 0 Å². The van der Waals surface area contributed by atoms with Gasteiger partial charge in [0.2, 0.25) is 5.91 Å². The highest BCUT2D eigenvalue weighted by atomic mass is 16.5. The number of carbonyl (C=O) groups is 1. The lowest BCUT2D eigenvalue weighted by molar-refractivity contribution is -0.138. The molecule has 0 aromatic carbocycles. The second kappa shape index (κ2) is 6.37. The summed E-state index contributed by atoms with van der Waals surface area (Å²) in [6, 6.07) is 1.90. The van der Waals surface area contributed by atoms with Crippen molar-refractivity contribution in [3.63, 3.8) is 0 Å². The van der Waals surface area contributed by atoms with Crippen LogP contribution < -0.4 is 5.32 Å². The van der Waals surface area contributed by atoms with E-state index in [2.05, 4.69) is 10.4 Å². The van der Waals surface area contributed by atoms with E-state index in [0.717, 1.165) is 12.5 Å². The predicted molar refractivity (Wildman–Crippen MR) is 74.1 cm³/mol. The van der Waals surface area contributed by atoms with Crippen LogP contribution in [0.25, 0.3) is 0 Å². The van der Waals surface area contributed by atoms with Gasteiger partial charge < -0.3 is 15.0 Å². The van der Waals surface area contributed by atoms with E-state index in [0.29, 0.717) is 32.8 Å². The van der Waals surface area contributed by atoms with Crippen molar-refractivity contribution in [2.75, 3.05) is 32.8 Å². The van der Waals surface area contributed by atoms with Crippen LogP contribution in [0.1, 0.15) is 12.8 Å². The van der Waals surface area contributed by atoms with Gasteiger partial charge in [-0.3, -0.25) is 9.48 Å². The molecule has 0 bridgehead atoms. The van der Waals surface area contributed by atoms with Crippen LogP contribution in [0, 0.1) is 5.92 Å². The zero-order valence-corrected chi connectivity index (χ0v) is 11.7. The predicted octanol–water partition coefficient (Wildman–Crippen LogP) is 0.110. The van der Waals surface area contributed by atoms with Crippen LogP contribution in [0.2, 0.25) is 0 Å². The van der Waals surface area contributed by atoms with Crippen molar-refractivity contribution in [1.82, 2.24) is 20.0 Å². The van der Waals surface area contributed by atoms with E-state index in [9.17, 15) is 4.79 Å². The van der Waals surface area contributed by atoms with Crippen LogP contribution >= 0.6 is 0 Å². The SMILES string of the molecule is O=C(CNCC1CC1)N1CCOC(Cn2cccn2)C1. The Morgan fingerprint density at radius 1 is 1.45 bits per heavy atom. The lowest BCUT2D eigenvalue weighted by atomic mass is 10.2. The third-order valence-corrected chi connectivity index (χ3v) is 3.85. The molecule has 0 spiro atoms. The smallest absolute Gasteiger partial charge is 0.236 e. The number of hydrogen-bond acceptors (Lipinski definition) is 4. The molecule has 1 N–H and O–H groups in total. The molecule has 1 unspecified atom stereocenters. The van der Waals surface area contributed by atoms with Gasteiger partial charge in [-0.05, 0) is 31.4 Å². The average Bonchev–Trinajstić information content (AvgIpc) is 3.14. The molecule has 6 nitrogen and oxygen atoms in total. The number of nitrogens with zero attached hydrogens (tertiary/aromatic N) is 3. The van der Waals surface area contributed by atoms with E-state index in [1.54, 1.807) is 6.20 Å². The van der Waals surface area contributed by atoms with E-state index >= 15 is 0 Å². The third-order valence-electron chi connectivity index (χ3n) is 3.85. The standard InChI is InChI=1S/C14H22N4O2/c19-14(9-15-8-12-2-3-12)17-6-7-20-13(10-17)11-18-5-1-4-16-18/h1,4-5,12-13,15H,2-3,6-11H2. The highest BCUT2D eigenvalue weighted by Gasteiger charge is 2.25. The van der Waals surface area contributed by atoms with E-state index in [1.165, 1.54) is 12.8 Å². The zero-order valence-electron chi connectivity index (χ0n) is 11.7. The fourth-order valence-electron chi connectivity index (χ4n) is 2.49. The summed E-state index contributed by atoms with van der Waals surface area (Å²) < 4.78 is 7.56. The molecule has 1 amide bonds. The Bertz CT molecular complexity index is 430. The van der Waals surface area contributed by atoms with Crippen molar-refractivity contribution in [2.24, 2.45) is 5.92 Å². The number of amides is 1. The van der Waals surface area contributed by atoms with Gasteiger partial charge in [0.25, 0.3) is 0 Å². The molecule has 0 radical (unpaired) electrons. The fraction of sp³-hybridized carbons (Fsp3) is 0.714. The molecular formula is C14H22N4O2. The summed E-state index contributed by atoms with van der Waals surface area (Å²) >= 11 is 0. The molecule has 2 fully saturated rings. The second-order valence-electron chi connectivity index (χ2n) is 5.63. The summed E-state index contributed by atoms with van der Waals surface area (Å²) in [5.41, 5.74) is 0. The van der Waals surface area contributed by atoms with Crippen LogP contribution in [0.5, 0.6) is 0 Å². The third kappa shape index (κ3) is 3.80. The first-order valence-corrected chi connectivity index (χ1v) is 7.39. The molecular weight excluding hydrogens is 256 g/mol. The van der Waals surface area contributed by atoms with Crippen molar-refractivity contribution >= 4 is 5.91 Å². The fourth-order valence-corrected chi connectivity index (χ4v) is 2.49. The molecule has 3 rings (SSSR count). The van der Waals surface area contributed by atoms with E-state index in [1.807, 2.05) is 21.8 Å². The first-order chi connectivity index (χ1) is 9.81. The Morgan fingerprint density at radius 2 is 2.35 bits per heavy atom. The Morgan fingerprint density at radius 3 is 3.10 bits per heavy atom. The summed E-state index contributed by atoms with van der Waals surface area (Å²) in [6.45, 7) is 4.09. The Hall–Kier alpha value is -1.40. The molecule has 1 saturated heterocycles. The van der Waals surface area contributed by atoms with Crippen LogP contribution in [0.4, 0.5) is 0 Å². The maximum Gasteiger partial charge on any atom is 0.236 e. The van der Waals surface area contributed by atoms with Crippen LogP contribution in [0.3, 0.4) is 0 Å². The minimum absolute atomic E-state index is 0.0380. The number of hydrogen-bond donors (Lipinski definition) is 1. The zero-order chi connectivity index (χ0) is 13.8. The maximum atomic E-state index is 12.1. The number of morpholine rings is 1. The first kappa shape index (κ1) is 13.6. The normalized spacial score (nSPS) is 23.0. The summed E-state index contributed by atoms with van der Waals surface area (Å²) in [7, 11) is 0. The van der Waals surface area contributed by atoms with E-state index in [-0.39, 0.29) is 12.0 Å². The number of ether oxygens (including phenoxy) is 1. The summed E-state index contributed by atoms with van der Waals surface area (Å²) in [4.78, 5) is 14.0. The summed E-state index contributed by atoms with van der Waals surface area (Å²) in [5, 5.41) is 7.43. The van der Waals surface area contributed by atoms with Gasteiger partial charge >= 0.3 is 0 Å². The van der Waals surface area contributed by atoms with E-state index < -0.39 is 0 Å². The van der Waals surface area contributed by atoms with Gasteiger partial charge in [0.15, 0.2) is 0 Å². The summed E-state index contributed by atoms with van der Waals surface area (Å²) in [5.74, 6) is 0.986. The monoisotopic (exact) mass is 278 g/mol. The van der Waals surface area contributed by atoms with Crippen LogP contribution in [0.15, 0.2) is 18.5 Å². The lowest BCUT2D eigenvalue weighted by Gasteiger charge is -2.33. The maximum absolute atomic E-state index is 12.1. The molecule has 20 heavy (non-hydrogen) atoms. The van der Waals surface area contributed by atoms with Gasteiger partial charge in [-0.15, -0.1) is 0 Å². The quantitative estimate of drug-likeness (QED) is 0.802. The molecule has 1 aliphatic heterocycles. The molecule has 2 aliphatic rings. The van der Waals surface area contributed by atoms with Gasteiger partial charge in [0, 0.05) is 25.5 Å². The van der Waals surface area contributed by atoms with Crippen molar-refractivity contribution < 1.29 is 9.53 Å². The Labute approximate surface area is 119 Å². The van der Waals surface area contributed by atoms with Crippen LogP contribution in [-0.2, 0) is 16.1 Å². The number of carbonyl (C=O) groups excluding carboxylic acids is 1. The molecule has 1 aliphatic carbocycles. The minimum Gasteiger partial charge on any atom is -0.373 e. The minimum atomic E-state index is 0.0380. The van der Waals surface area contributed by atoms with Gasteiger partial charge in [0.05, 0.1) is 25.8 Å². The van der Waals surface area contributed by atoms with Crippen molar-refractivity contribution in [3.05, 3.63) is 18.5 Å². The molecule has 110 valence electrons. The number of aromatic nitrogens is 2. The molecule has 1 saturated carbocycles. The highest BCUT2D eigenvalue weighted by Crippen LogP contribution is 2.27. The van der Waals surface area contributed by atoms with Crippen molar-refractivity contribution in [3.8, 4) is 0 Å². The van der Waals surface area contributed by atoms with Gasteiger partial charge in [-0.1, -0.05) is 0 Å². The molecule has 2 heterocycles. The Kier molecular flexibility index (Phi) is 4.32. The molecule has 1 aromatic rings. The molecule has 1 aromatic heterocycles. The van der Waals surface area contributed by atoms with Gasteiger partial charge in [0.1, 0.15) is 0 Å². The lowest BCUT2D eigenvalue weighted by Crippen LogP contribution is -2.49. The largest absolute Gasteiger partial charge is 0.373 e. The second-order valence-corrected chi connectivity index (χ2v) is 5.63. The van der Waals surface area contributed by atoms with Crippen LogP contribution in [-0.4, -0.2) is 59.5 Å². The number of nitrogens with one attached hydrogen (secondary N) is 1. The van der Waals surface area contributed by atoms with Gasteiger partial charge in [-0.2, -0.15) is 5.10 Å². The number of rotatable bonds is 6. The Balaban J connectivity index is 1.42. The first-order valence-electron chi connectivity index (χ1n) is 7.39. The van der Waals surface area contributed by atoms with Crippen molar-refractivity contribution in [1.29, 1.82) is 0 Å². The van der Waals surface area contributed by atoms with Crippen molar-refractivity contribution in [2.45, 2.75) is 25.5 Å². The van der Waals surface area contributed by atoms with E-state index in [4.69, 9.17) is 4.74 Å². The summed E-state index contributed by atoms with van der Waals surface area (Å²) in [6.07, 6.45) is 6.33.